The number of nitrogens with zero attached hydrogens (tertiary/aromatic N) is 2. The van der Waals surface area contributed by atoms with Gasteiger partial charge < -0.3 is 5.11 Å². The normalized spacial score (nSPS) is 13.9. The highest BCUT2D eigenvalue weighted by Crippen LogP contribution is 2.55. The Labute approximate surface area is 282 Å². The standard InChI is InChI=1S/C43H40N2OS/c1-41(2,3)33-27-34(42(4,5)6)40(30-18-7-10-21-35(30)46)45-39(33)28-16-15-17-29(26-28)43(38-24-13-14-25-44-38)31-19-8-11-22-36(31)47-37-23-12-9-20-32(37)43/h7-27,46H,1-6H3. The summed E-state index contributed by atoms with van der Waals surface area (Å²) in [7, 11) is 0. The van der Waals surface area contributed by atoms with Crippen LogP contribution in [0.25, 0.3) is 22.5 Å². The quantitative estimate of drug-likeness (QED) is 0.210. The van der Waals surface area contributed by atoms with Crippen LogP contribution in [0.1, 0.15) is 75.1 Å². The van der Waals surface area contributed by atoms with E-state index in [9.17, 15) is 5.11 Å². The van der Waals surface area contributed by atoms with E-state index in [1.807, 2.05) is 42.2 Å². The molecule has 0 radical (unpaired) electrons. The summed E-state index contributed by atoms with van der Waals surface area (Å²) in [4.78, 5) is 13.0. The van der Waals surface area contributed by atoms with E-state index < -0.39 is 5.41 Å². The molecule has 234 valence electrons. The Balaban J connectivity index is 1.56. The second kappa shape index (κ2) is 11.5. The average molecular weight is 633 g/mol. The van der Waals surface area contributed by atoms with Crippen molar-refractivity contribution in [2.24, 2.45) is 0 Å². The minimum atomic E-state index is -0.635. The Kier molecular flexibility index (Phi) is 7.60. The molecule has 0 saturated carbocycles. The topological polar surface area (TPSA) is 46.0 Å². The molecule has 0 fully saturated rings. The summed E-state index contributed by atoms with van der Waals surface area (Å²) >= 11 is 1.82. The van der Waals surface area contributed by atoms with Gasteiger partial charge in [0.15, 0.2) is 0 Å². The first-order valence-electron chi connectivity index (χ1n) is 16.2. The third kappa shape index (κ3) is 5.25. The third-order valence-electron chi connectivity index (χ3n) is 9.22. The largest absolute Gasteiger partial charge is 0.507 e. The number of hydrogen-bond donors (Lipinski definition) is 1. The zero-order valence-electron chi connectivity index (χ0n) is 27.9. The van der Waals surface area contributed by atoms with Gasteiger partial charge in [-0.3, -0.25) is 4.98 Å². The number of para-hydroxylation sites is 1. The summed E-state index contributed by atoms with van der Waals surface area (Å²) in [5, 5.41) is 11.1. The zero-order valence-corrected chi connectivity index (χ0v) is 28.7. The number of phenolic OH excluding ortho intramolecular Hbond substituents is 1. The number of fused-ring (bicyclic) bond motifs is 2. The Hall–Kier alpha value is -4.67. The molecule has 0 spiro atoms. The van der Waals surface area contributed by atoms with Crippen molar-refractivity contribution < 1.29 is 5.11 Å². The molecular formula is C43H40N2OS. The van der Waals surface area contributed by atoms with E-state index in [4.69, 9.17) is 9.97 Å². The lowest BCUT2D eigenvalue weighted by atomic mass is 9.66. The van der Waals surface area contributed by atoms with Gasteiger partial charge >= 0.3 is 0 Å². The predicted octanol–water partition coefficient (Wildman–Crippen LogP) is 11.0. The monoisotopic (exact) mass is 632 g/mol. The van der Waals surface area contributed by atoms with Crippen molar-refractivity contribution in [1.29, 1.82) is 0 Å². The Morgan fingerprint density at radius 2 is 1.19 bits per heavy atom. The molecule has 6 aromatic rings. The summed E-state index contributed by atoms with van der Waals surface area (Å²) in [6.07, 6.45) is 1.90. The number of rotatable bonds is 4. The highest BCUT2D eigenvalue weighted by Gasteiger charge is 2.45. The van der Waals surface area contributed by atoms with Gasteiger partial charge in [0.05, 0.1) is 22.5 Å². The Morgan fingerprint density at radius 1 is 0.596 bits per heavy atom. The van der Waals surface area contributed by atoms with Gasteiger partial charge in [0.2, 0.25) is 0 Å². The van der Waals surface area contributed by atoms with Gasteiger partial charge in [0.25, 0.3) is 0 Å². The molecule has 1 N–H and O–H groups in total. The SMILES string of the molecule is CC(C)(C)c1cc(C(C)(C)C)c(-c2ccccc2O)nc1-c1cccc(C2(c3ccccn3)c3ccccc3Sc3ccccc32)c1. The van der Waals surface area contributed by atoms with E-state index >= 15 is 0 Å². The fourth-order valence-corrected chi connectivity index (χ4v) is 8.16. The highest BCUT2D eigenvalue weighted by atomic mass is 32.2. The number of phenols is 1. The van der Waals surface area contributed by atoms with Crippen LogP contribution in [-0.2, 0) is 16.2 Å². The molecule has 0 aliphatic carbocycles. The van der Waals surface area contributed by atoms with Gasteiger partial charge in [-0.15, -0.1) is 0 Å². The average Bonchev–Trinajstić information content (AvgIpc) is 3.06. The Bertz CT molecular complexity index is 2060. The van der Waals surface area contributed by atoms with Crippen LogP contribution in [0, 0.1) is 0 Å². The van der Waals surface area contributed by atoms with Crippen LogP contribution in [-0.4, -0.2) is 15.1 Å². The summed E-state index contributed by atoms with van der Waals surface area (Å²) < 4.78 is 0. The molecule has 2 aromatic heterocycles. The first kappa shape index (κ1) is 31.0. The molecule has 0 atom stereocenters. The van der Waals surface area contributed by atoms with E-state index in [1.54, 1.807) is 6.07 Å². The number of aromatic hydroxyl groups is 1. The van der Waals surface area contributed by atoms with Crippen molar-refractivity contribution in [2.45, 2.75) is 67.6 Å². The lowest BCUT2D eigenvalue weighted by Gasteiger charge is -2.41. The Morgan fingerprint density at radius 3 is 1.81 bits per heavy atom. The molecular weight excluding hydrogens is 593 g/mol. The molecule has 3 heterocycles. The second-order valence-electron chi connectivity index (χ2n) is 14.4. The zero-order chi connectivity index (χ0) is 33.0. The van der Waals surface area contributed by atoms with Crippen molar-refractivity contribution >= 4 is 11.8 Å². The fraction of sp³-hybridized carbons (Fsp3) is 0.209. The minimum Gasteiger partial charge on any atom is -0.507 e. The van der Waals surface area contributed by atoms with Crippen LogP contribution in [0.15, 0.2) is 137 Å². The van der Waals surface area contributed by atoms with Crippen LogP contribution < -0.4 is 0 Å². The third-order valence-corrected chi connectivity index (χ3v) is 10.4. The number of benzene rings is 4. The fourth-order valence-electron chi connectivity index (χ4n) is 6.97. The van der Waals surface area contributed by atoms with E-state index in [-0.39, 0.29) is 16.6 Å². The van der Waals surface area contributed by atoms with E-state index in [0.717, 1.165) is 39.3 Å². The first-order valence-corrected chi connectivity index (χ1v) is 17.0. The van der Waals surface area contributed by atoms with Crippen molar-refractivity contribution in [2.75, 3.05) is 0 Å². The van der Waals surface area contributed by atoms with Crippen molar-refractivity contribution in [3.8, 4) is 28.3 Å². The van der Waals surface area contributed by atoms with Crippen molar-refractivity contribution in [3.05, 3.63) is 161 Å². The number of aromatic nitrogens is 2. The minimum absolute atomic E-state index is 0.186. The van der Waals surface area contributed by atoms with Gasteiger partial charge in [-0.1, -0.05) is 132 Å². The smallest absolute Gasteiger partial charge is 0.124 e. The predicted molar refractivity (Wildman–Crippen MR) is 194 cm³/mol. The molecule has 0 unspecified atom stereocenters. The summed E-state index contributed by atoms with van der Waals surface area (Å²) in [5.74, 6) is 0.232. The summed E-state index contributed by atoms with van der Waals surface area (Å²) in [6.45, 7) is 13.4. The van der Waals surface area contributed by atoms with E-state index in [1.165, 1.54) is 26.5 Å². The van der Waals surface area contributed by atoms with Gasteiger partial charge in [-0.2, -0.15) is 0 Å². The molecule has 0 saturated heterocycles. The molecule has 4 heteroatoms. The van der Waals surface area contributed by atoms with Gasteiger partial charge in [0, 0.05) is 27.1 Å². The number of hydrogen-bond acceptors (Lipinski definition) is 4. The lowest BCUT2D eigenvalue weighted by molar-refractivity contribution is 0.476. The molecule has 0 amide bonds. The number of pyridine rings is 2. The maximum Gasteiger partial charge on any atom is 0.124 e. The van der Waals surface area contributed by atoms with Crippen molar-refractivity contribution in [3.63, 3.8) is 0 Å². The van der Waals surface area contributed by atoms with Crippen LogP contribution in [0.3, 0.4) is 0 Å². The van der Waals surface area contributed by atoms with Crippen LogP contribution in [0.4, 0.5) is 0 Å². The molecule has 0 bridgehead atoms. The highest BCUT2D eigenvalue weighted by molar-refractivity contribution is 7.99. The van der Waals surface area contributed by atoms with E-state index in [0.29, 0.717) is 0 Å². The van der Waals surface area contributed by atoms with Crippen LogP contribution in [0.5, 0.6) is 5.75 Å². The molecule has 3 nitrogen and oxygen atoms in total. The molecule has 4 aromatic carbocycles. The lowest BCUT2D eigenvalue weighted by Crippen LogP contribution is -2.35. The molecule has 1 aliphatic rings. The van der Waals surface area contributed by atoms with Gasteiger partial charge in [-0.05, 0) is 81.1 Å². The van der Waals surface area contributed by atoms with Crippen LogP contribution >= 0.6 is 11.8 Å². The molecule has 47 heavy (non-hydrogen) atoms. The van der Waals surface area contributed by atoms with Gasteiger partial charge in [0.1, 0.15) is 5.75 Å². The molecule has 1 aliphatic heterocycles. The first-order chi connectivity index (χ1) is 22.5. The van der Waals surface area contributed by atoms with Crippen LogP contribution in [0.2, 0.25) is 0 Å². The molecule has 7 rings (SSSR count). The summed E-state index contributed by atoms with van der Waals surface area (Å²) in [5.41, 5.74) is 9.36. The summed E-state index contributed by atoms with van der Waals surface area (Å²) in [6, 6.07) is 42.5. The maximum atomic E-state index is 11.1. The van der Waals surface area contributed by atoms with E-state index in [2.05, 4.69) is 133 Å². The van der Waals surface area contributed by atoms with Crippen molar-refractivity contribution in [1.82, 2.24) is 9.97 Å². The second-order valence-corrected chi connectivity index (χ2v) is 15.5. The maximum absolute atomic E-state index is 11.1. The van der Waals surface area contributed by atoms with Gasteiger partial charge in [-0.25, -0.2) is 4.98 Å².